The van der Waals surface area contributed by atoms with Crippen LogP contribution in [0.1, 0.15) is 12.0 Å². The summed E-state index contributed by atoms with van der Waals surface area (Å²) in [6, 6.07) is 6.40. The molecule has 16 heavy (non-hydrogen) atoms. The van der Waals surface area contributed by atoms with Crippen molar-refractivity contribution in [2.75, 3.05) is 29.5 Å². The van der Waals surface area contributed by atoms with Gasteiger partial charge in [-0.2, -0.15) is 11.8 Å². The average molecular weight is 321 g/mol. The zero-order chi connectivity index (χ0) is 11.4. The number of halogens is 2. The predicted octanol–water partition coefficient (Wildman–Crippen LogP) is 4.13. The highest BCUT2D eigenvalue weighted by Gasteiger charge is 2.13. The maximum absolute atomic E-state index is 6.01. The molecule has 1 saturated heterocycles. The summed E-state index contributed by atoms with van der Waals surface area (Å²) in [6.45, 7) is 2.29. The molecule has 2 rings (SSSR count). The highest BCUT2D eigenvalue weighted by Crippen LogP contribution is 2.27. The first-order valence-electron chi connectivity index (χ1n) is 5.48. The van der Waals surface area contributed by atoms with Gasteiger partial charge < -0.3 is 4.90 Å². The largest absolute Gasteiger partial charge is 0.370 e. The topological polar surface area (TPSA) is 3.24 Å². The quantitative estimate of drug-likeness (QED) is 0.754. The Labute approximate surface area is 115 Å². The predicted molar refractivity (Wildman–Crippen MR) is 77.9 cm³/mol. The lowest BCUT2D eigenvalue weighted by Gasteiger charge is -2.24. The van der Waals surface area contributed by atoms with E-state index >= 15 is 0 Å². The summed E-state index contributed by atoms with van der Waals surface area (Å²) in [5, 5.41) is 0. The first-order chi connectivity index (χ1) is 7.81. The molecule has 1 nitrogen and oxygen atoms in total. The molecule has 0 spiro atoms. The lowest BCUT2D eigenvalue weighted by atomic mass is 10.1. The van der Waals surface area contributed by atoms with Crippen LogP contribution in [0, 0.1) is 0 Å². The highest BCUT2D eigenvalue weighted by molar-refractivity contribution is 9.10. The summed E-state index contributed by atoms with van der Waals surface area (Å²) < 4.78 is 1.11. The molecule has 0 saturated carbocycles. The van der Waals surface area contributed by atoms with Gasteiger partial charge in [0.1, 0.15) is 0 Å². The molecule has 1 fully saturated rings. The van der Waals surface area contributed by atoms with Crippen LogP contribution in [0.4, 0.5) is 5.69 Å². The van der Waals surface area contributed by atoms with Gasteiger partial charge in [0.2, 0.25) is 0 Å². The third-order valence-electron chi connectivity index (χ3n) is 2.75. The maximum atomic E-state index is 6.01. The van der Waals surface area contributed by atoms with Gasteiger partial charge in [0.25, 0.3) is 0 Å². The van der Waals surface area contributed by atoms with E-state index in [0.717, 1.165) is 17.6 Å². The fourth-order valence-electron chi connectivity index (χ4n) is 1.96. The number of hydrogen-bond donors (Lipinski definition) is 0. The number of thioether (sulfide) groups is 1. The molecule has 0 aromatic heterocycles. The van der Waals surface area contributed by atoms with E-state index in [1.165, 1.54) is 29.2 Å². The fraction of sp³-hybridized carbons (Fsp3) is 0.500. The second kappa shape index (κ2) is 6.18. The van der Waals surface area contributed by atoms with Crippen molar-refractivity contribution in [2.45, 2.75) is 12.3 Å². The summed E-state index contributed by atoms with van der Waals surface area (Å²) in [7, 11) is 0. The standard InChI is InChI=1S/C12H15BrClNS/c13-11-2-3-12(10(8-11)9-14)15-4-1-6-16-7-5-15/h2-3,8H,1,4-7,9H2. The van der Waals surface area contributed by atoms with Crippen molar-refractivity contribution < 1.29 is 0 Å². The molecule has 0 N–H and O–H groups in total. The van der Waals surface area contributed by atoms with Crippen molar-refractivity contribution in [1.82, 2.24) is 0 Å². The summed E-state index contributed by atoms with van der Waals surface area (Å²) in [5.41, 5.74) is 2.53. The van der Waals surface area contributed by atoms with Crippen LogP contribution in [0.2, 0.25) is 0 Å². The van der Waals surface area contributed by atoms with Crippen molar-refractivity contribution >= 4 is 45.0 Å². The van der Waals surface area contributed by atoms with Gasteiger partial charge in [0.05, 0.1) is 0 Å². The van der Waals surface area contributed by atoms with E-state index < -0.39 is 0 Å². The van der Waals surface area contributed by atoms with Crippen LogP contribution < -0.4 is 4.90 Å². The Kier molecular flexibility index (Phi) is 4.86. The average Bonchev–Trinajstić information content (AvgIpc) is 2.57. The molecule has 1 aliphatic heterocycles. The minimum absolute atomic E-state index is 0.582. The molecule has 88 valence electrons. The first kappa shape index (κ1) is 12.6. The van der Waals surface area contributed by atoms with Crippen molar-refractivity contribution in [3.63, 3.8) is 0 Å². The Morgan fingerprint density at radius 1 is 1.31 bits per heavy atom. The van der Waals surface area contributed by atoms with E-state index in [1.54, 1.807) is 0 Å². The monoisotopic (exact) mass is 319 g/mol. The normalized spacial score (nSPS) is 17.2. The van der Waals surface area contributed by atoms with E-state index in [4.69, 9.17) is 11.6 Å². The van der Waals surface area contributed by atoms with Gasteiger partial charge in [0.15, 0.2) is 0 Å². The second-order valence-electron chi connectivity index (χ2n) is 3.86. The van der Waals surface area contributed by atoms with E-state index in [2.05, 4.69) is 39.0 Å². The van der Waals surface area contributed by atoms with Crippen LogP contribution in [0.15, 0.2) is 22.7 Å². The van der Waals surface area contributed by atoms with Crippen LogP contribution in [-0.4, -0.2) is 24.6 Å². The Morgan fingerprint density at radius 2 is 2.19 bits per heavy atom. The zero-order valence-corrected chi connectivity index (χ0v) is 12.2. The van der Waals surface area contributed by atoms with Gasteiger partial charge in [-0.05, 0) is 35.9 Å². The number of alkyl halides is 1. The molecular formula is C12H15BrClNS. The van der Waals surface area contributed by atoms with Crippen molar-refractivity contribution in [3.05, 3.63) is 28.2 Å². The Morgan fingerprint density at radius 3 is 3.00 bits per heavy atom. The Balaban J connectivity index is 2.23. The molecule has 0 bridgehead atoms. The number of nitrogens with zero attached hydrogens (tertiary/aromatic N) is 1. The molecule has 1 aliphatic rings. The van der Waals surface area contributed by atoms with Gasteiger partial charge in [-0.15, -0.1) is 11.6 Å². The lowest BCUT2D eigenvalue weighted by molar-refractivity contribution is 0.812. The number of hydrogen-bond acceptors (Lipinski definition) is 2. The maximum Gasteiger partial charge on any atom is 0.0494 e. The zero-order valence-electron chi connectivity index (χ0n) is 9.09. The molecule has 4 heteroatoms. The van der Waals surface area contributed by atoms with Crippen molar-refractivity contribution in [2.24, 2.45) is 0 Å². The molecule has 1 heterocycles. The fourth-order valence-corrected chi connectivity index (χ4v) is 3.47. The van der Waals surface area contributed by atoms with Gasteiger partial charge in [0, 0.05) is 34.9 Å². The van der Waals surface area contributed by atoms with Crippen LogP contribution in [0.3, 0.4) is 0 Å². The number of rotatable bonds is 2. The SMILES string of the molecule is ClCc1cc(Br)ccc1N1CCCSCC1. The van der Waals surface area contributed by atoms with E-state index in [0.29, 0.717) is 5.88 Å². The molecule has 0 atom stereocenters. The van der Waals surface area contributed by atoms with Gasteiger partial charge >= 0.3 is 0 Å². The summed E-state index contributed by atoms with van der Waals surface area (Å²) in [4.78, 5) is 2.46. The summed E-state index contributed by atoms with van der Waals surface area (Å²) in [5.74, 6) is 3.08. The molecule has 0 unspecified atom stereocenters. The first-order valence-corrected chi connectivity index (χ1v) is 7.96. The van der Waals surface area contributed by atoms with Gasteiger partial charge in [-0.25, -0.2) is 0 Å². The van der Waals surface area contributed by atoms with E-state index in [-0.39, 0.29) is 0 Å². The molecule has 1 aromatic rings. The molecule has 0 amide bonds. The van der Waals surface area contributed by atoms with Gasteiger partial charge in [-0.3, -0.25) is 0 Å². The van der Waals surface area contributed by atoms with Crippen LogP contribution >= 0.6 is 39.3 Å². The highest BCUT2D eigenvalue weighted by atomic mass is 79.9. The van der Waals surface area contributed by atoms with Crippen molar-refractivity contribution in [3.8, 4) is 0 Å². The number of benzene rings is 1. The third-order valence-corrected chi connectivity index (χ3v) is 4.58. The molecular weight excluding hydrogens is 306 g/mol. The molecule has 1 aromatic carbocycles. The second-order valence-corrected chi connectivity index (χ2v) is 6.27. The smallest absolute Gasteiger partial charge is 0.0494 e. The Bertz CT molecular complexity index is 351. The minimum Gasteiger partial charge on any atom is -0.370 e. The Hall–Kier alpha value is 0.140. The van der Waals surface area contributed by atoms with Gasteiger partial charge in [-0.1, -0.05) is 15.9 Å². The van der Waals surface area contributed by atoms with Crippen LogP contribution in [0.25, 0.3) is 0 Å². The van der Waals surface area contributed by atoms with Crippen LogP contribution in [0.5, 0.6) is 0 Å². The lowest BCUT2D eigenvalue weighted by Crippen LogP contribution is -2.26. The molecule has 0 aliphatic carbocycles. The van der Waals surface area contributed by atoms with E-state index in [9.17, 15) is 0 Å². The summed E-state index contributed by atoms with van der Waals surface area (Å²) >= 11 is 11.6. The van der Waals surface area contributed by atoms with E-state index in [1.807, 2.05) is 11.8 Å². The van der Waals surface area contributed by atoms with Crippen molar-refractivity contribution in [1.29, 1.82) is 0 Å². The van der Waals surface area contributed by atoms with Crippen LogP contribution in [-0.2, 0) is 5.88 Å². The molecule has 0 radical (unpaired) electrons. The third kappa shape index (κ3) is 3.08. The summed E-state index contributed by atoms with van der Waals surface area (Å²) in [6.07, 6.45) is 1.27. The number of anilines is 1. The minimum atomic E-state index is 0.582.